The van der Waals surface area contributed by atoms with Crippen molar-refractivity contribution in [3.05, 3.63) is 137 Å². The number of rotatable bonds is 6. The molecule has 4 aliphatic rings. The molecule has 2 aliphatic carbocycles. The van der Waals surface area contributed by atoms with E-state index in [2.05, 4.69) is 105 Å². The number of benzene rings is 4. The zero-order chi connectivity index (χ0) is 35.6. The largest absolute Gasteiger partial charge is 0.508 e. The second kappa shape index (κ2) is 15.6. The smallest absolute Gasteiger partial charge is 0.116 e. The van der Waals surface area contributed by atoms with E-state index in [1.807, 2.05) is 12.1 Å². The number of aromatic nitrogens is 2. The summed E-state index contributed by atoms with van der Waals surface area (Å²) in [5.74, 6) is 3.14. The van der Waals surface area contributed by atoms with Crippen LogP contribution in [0, 0.1) is 5.92 Å². The highest BCUT2D eigenvalue weighted by Crippen LogP contribution is 2.39. The number of nitrogens with one attached hydrogen (secondary N) is 2. The van der Waals surface area contributed by atoms with Gasteiger partial charge in [-0.25, -0.2) is 0 Å². The number of phenolic OH excluding ortho intramolecular Hbond substituents is 1. The van der Waals surface area contributed by atoms with E-state index in [9.17, 15) is 5.11 Å². The normalized spacial score (nSPS) is 23.6. The van der Waals surface area contributed by atoms with Gasteiger partial charge in [-0.3, -0.25) is 0 Å². The highest BCUT2D eigenvalue weighted by Gasteiger charge is 2.30. The molecular weight excluding hydrogens is 649 g/mol. The summed E-state index contributed by atoms with van der Waals surface area (Å²) in [6.07, 6.45) is 12.7. The standard InChI is InChI=1S/C24H28N2O.C24H28N2/c27-20-11-12-23-22(14-20)21-10-4-8-19(24(21)25-23)16-26-13-5-9-18(15-26)17-6-2-1-3-7-17;1-2-7-19(8-3-1)20-9-6-14-26(17-20)16-18-12-13-24-22(15-18)21-10-4-5-11-23(21)25-24/h1-3,6-7,11-12,14,18-19,25,27H,4-5,8-10,13,15-16H2;1-5,7-8,10-11,18,20,25H,6,9,12-17H2. The Kier molecular flexibility index (Phi) is 10.1. The van der Waals surface area contributed by atoms with Crippen molar-refractivity contribution < 1.29 is 5.11 Å². The lowest BCUT2D eigenvalue weighted by molar-refractivity contribution is 0.172. The van der Waals surface area contributed by atoms with Crippen LogP contribution in [-0.4, -0.2) is 64.1 Å². The molecule has 0 radical (unpaired) electrons. The minimum atomic E-state index is 0.369. The Morgan fingerprint density at radius 1 is 0.585 bits per heavy atom. The molecule has 3 N–H and O–H groups in total. The monoisotopic (exact) mass is 704 g/mol. The molecule has 4 atom stereocenters. The Morgan fingerprint density at radius 3 is 1.98 bits per heavy atom. The molecule has 0 amide bonds. The lowest BCUT2D eigenvalue weighted by Crippen LogP contribution is -2.39. The number of fused-ring (bicyclic) bond motifs is 6. The van der Waals surface area contributed by atoms with Crippen LogP contribution in [0.25, 0.3) is 21.8 Å². The van der Waals surface area contributed by atoms with Crippen molar-refractivity contribution >= 4 is 21.8 Å². The van der Waals surface area contributed by atoms with Crippen molar-refractivity contribution in [1.82, 2.24) is 19.8 Å². The molecule has 4 heterocycles. The van der Waals surface area contributed by atoms with E-state index in [4.69, 9.17) is 0 Å². The SMILES string of the molecule is Oc1ccc2[nH]c3c(c2c1)CCCC3CN1CCCC(c2ccccc2)C1.c1ccc(C2CCCN(CC3CCc4[nH]c5ccccc5c4C3)C2)cc1. The molecule has 2 aliphatic heterocycles. The quantitative estimate of drug-likeness (QED) is 0.162. The maximum Gasteiger partial charge on any atom is 0.116 e. The third kappa shape index (κ3) is 7.57. The van der Waals surface area contributed by atoms with Crippen molar-refractivity contribution in [3.63, 3.8) is 0 Å². The zero-order valence-corrected chi connectivity index (χ0v) is 31.3. The van der Waals surface area contributed by atoms with E-state index in [0.717, 1.165) is 24.8 Å². The first-order valence-electron chi connectivity index (χ1n) is 20.6. The van der Waals surface area contributed by atoms with Crippen LogP contribution >= 0.6 is 0 Å². The Hall–Kier alpha value is -4.32. The average molecular weight is 705 g/mol. The van der Waals surface area contributed by atoms with Crippen LogP contribution in [0.1, 0.15) is 96.3 Å². The molecule has 10 rings (SSSR count). The van der Waals surface area contributed by atoms with Gasteiger partial charge in [-0.05, 0) is 142 Å². The predicted molar refractivity (Wildman–Crippen MR) is 219 cm³/mol. The molecule has 2 aromatic heterocycles. The number of aromatic hydroxyl groups is 1. The number of likely N-dealkylation sites (tertiary alicyclic amines) is 2. The van der Waals surface area contributed by atoms with Gasteiger partial charge < -0.3 is 24.9 Å². The maximum atomic E-state index is 9.89. The molecule has 0 saturated carbocycles. The Morgan fingerprint density at radius 2 is 1.25 bits per heavy atom. The number of H-pyrrole nitrogens is 2. The second-order valence-electron chi connectivity index (χ2n) is 16.6. The number of nitrogens with zero attached hydrogens (tertiary/aromatic N) is 2. The molecule has 2 fully saturated rings. The minimum Gasteiger partial charge on any atom is -0.508 e. The van der Waals surface area contributed by atoms with Gasteiger partial charge in [-0.15, -0.1) is 0 Å². The van der Waals surface area contributed by atoms with Crippen molar-refractivity contribution in [2.24, 2.45) is 5.92 Å². The first kappa shape index (κ1) is 34.4. The molecule has 5 nitrogen and oxygen atoms in total. The van der Waals surface area contributed by atoms with E-state index < -0.39 is 0 Å². The molecular formula is C48H56N4O. The summed E-state index contributed by atoms with van der Waals surface area (Å²) in [4.78, 5) is 12.8. The molecule has 6 aromatic rings. The van der Waals surface area contributed by atoms with Crippen LogP contribution in [-0.2, 0) is 19.3 Å². The molecule has 4 unspecified atom stereocenters. The number of phenols is 1. The summed E-state index contributed by atoms with van der Waals surface area (Å²) in [5, 5.41) is 12.6. The number of hydrogen-bond acceptors (Lipinski definition) is 3. The summed E-state index contributed by atoms with van der Waals surface area (Å²) in [7, 11) is 0. The van der Waals surface area contributed by atoms with Gasteiger partial charge in [0.2, 0.25) is 0 Å². The Balaban J connectivity index is 0.000000141. The zero-order valence-electron chi connectivity index (χ0n) is 31.3. The first-order chi connectivity index (χ1) is 26.1. The minimum absolute atomic E-state index is 0.369. The lowest BCUT2D eigenvalue weighted by Gasteiger charge is -2.36. The molecule has 2 saturated heterocycles. The molecule has 53 heavy (non-hydrogen) atoms. The van der Waals surface area contributed by atoms with Crippen molar-refractivity contribution in [2.75, 3.05) is 39.3 Å². The summed E-state index contributed by atoms with van der Waals surface area (Å²) in [5.41, 5.74) is 11.5. The van der Waals surface area contributed by atoms with E-state index in [-0.39, 0.29) is 0 Å². The lowest BCUT2D eigenvalue weighted by atomic mass is 9.84. The number of aryl methyl sites for hydroxylation is 2. The van der Waals surface area contributed by atoms with Gasteiger partial charge in [0.25, 0.3) is 0 Å². The van der Waals surface area contributed by atoms with Crippen LogP contribution in [0.3, 0.4) is 0 Å². The molecule has 5 heteroatoms. The first-order valence-corrected chi connectivity index (χ1v) is 20.6. The van der Waals surface area contributed by atoms with Gasteiger partial charge in [0, 0.05) is 65.3 Å². The maximum absolute atomic E-state index is 9.89. The number of para-hydroxylation sites is 1. The summed E-state index contributed by atoms with van der Waals surface area (Å²) < 4.78 is 0. The topological polar surface area (TPSA) is 58.3 Å². The van der Waals surface area contributed by atoms with Crippen LogP contribution in [0.4, 0.5) is 0 Å². The highest BCUT2D eigenvalue weighted by molar-refractivity contribution is 5.86. The predicted octanol–water partition coefficient (Wildman–Crippen LogP) is 10.3. The Labute approximate surface area is 315 Å². The van der Waals surface area contributed by atoms with E-state index in [1.165, 1.54) is 140 Å². The number of piperidine rings is 2. The third-order valence-corrected chi connectivity index (χ3v) is 13.1. The van der Waals surface area contributed by atoms with Crippen LogP contribution < -0.4 is 0 Å². The van der Waals surface area contributed by atoms with E-state index >= 15 is 0 Å². The van der Waals surface area contributed by atoms with Gasteiger partial charge in [0.05, 0.1) is 0 Å². The molecule has 0 bridgehead atoms. The fourth-order valence-corrected chi connectivity index (χ4v) is 10.4. The number of hydrogen-bond donors (Lipinski definition) is 3. The van der Waals surface area contributed by atoms with Gasteiger partial charge in [-0.2, -0.15) is 0 Å². The summed E-state index contributed by atoms with van der Waals surface area (Å²) in [6.45, 7) is 7.33. The summed E-state index contributed by atoms with van der Waals surface area (Å²) >= 11 is 0. The molecule has 4 aromatic carbocycles. The van der Waals surface area contributed by atoms with Gasteiger partial charge in [-0.1, -0.05) is 78.9 Å². The van der Waals surface area contributed by atoms with E-state index in [0.29, 0.717) is 17.6 Å². The number of aromatic amines is 2. The van der Waals surface area contributed by atoms with Gasteiger partial charge in [0.15, 0.2) is 0 Å². The summed E-state index contributed by atoms with van der Waals surface area (Å²) in [6, 6.07) is 36.7. The van der Waals surface area contributed by atoms with Crippen molar-refractivity contribution in [1.29, 1.82) is 0 Å². The molecule has 0 spiro atoms. The average Bonchev–Trinajstić information content (AvgIpc) is 3.77. The fraction of sp³-hybridized carbons (Fsp3) is 0.417. The van der Waals surface area contributed by atoms with Crippen LogP contribution in [0.2, 0.25) is 0 Å². The van der Waals surface area contributed by atoms with E-state index in [1.54, 1.807) is 11.6 Å². The molecule has 274 valence electrons. The highest BCUT2D eigenvalue weighted by atomic mass is 16.3. The van der Waals surface area contributed by atoms with Crippen LogP contribution in [0.5, 0.6) is 5.75 Å². The van der Waals surface area contributed by atoms with Crippen molar-refractivity contribution in [3.8, 4) is 5.75 Å². The van der Waals surface area contributed by atoms with Gasteiger partial charge >= 0.3 is 0 Å². The third-order valence-electron chi connectivity index (χ3n) is 13.1. The van der Waals surface area contributed by atoms with Gasteiger partial charge in [0.1, 0.15) is 5.75 Å². The van der Waals surface area contributed by atoms with Crippen molar-refractivity contribution in [2.45, 2.75) is 82.0 Å². The Bertz CT molecular complexity index is 2120. The van der Waals surface area contributed by atoms with Crippen LogP contribution in [0.15, 0.2) is 103 Å². The fourth-order valence-electron chi connectivity index (χ4n) is 10.4. The second-order valence-corrected chi connectivity index (χ2v) is 16.6.